The zero-order chi connectivity index (χ0) is 20.1. The molecule has 9 heteroatoms. The number of nitrogens with zero attached hydrogens (tertiary/aromatic N) is 1. The molecule has 0 aliphatic carbocycles. The summed E-state index contributed by atoms with van der Waals surface area (Å²) in [6.07, 6.45) is 0.704. The first-order valence-corrected chi connectivity index (χ1v) is 9.58. The number of rotatable bonds is 9. The van der Waals surface area contributed by atoms with Gasteiger partial charge in [-0.05, 0) is 25.2 Å². The van der Waals surface area contributed by atoms with Crippen LogP contribution in [-0.4, -0.2) is 71.1 Å². The smallest absolute Gasteiger partial charge is 0.326 e. The standard InChI is InChI=1S/C18H29N3O6/c1-4-8-19-15(22)13-14(27-13)16(23)20-12(10(3)5-2)17(24)21-9-6-7-11(21)18(25)26/h10-14H,4-9H2,1-3H3,(H,19,22)(H,20,23)(H,25,26)/t10?,11-,12?,13-,14-/m0/s1. The van der Waals surface area contributed by atoms with Crippen molar-refractivity contribution < 1.29 is 29.0 Å². The van der Waals surface area contributed by atoms with Gasteiger partial charge in [-0.15, -0.1) is 0 Å². The Morgan fingerprint density at radius 3 is 2.44 bits per heavy atom. The highest BCUT2D eigenvalue weighted by atomic mass is 16.6. The second kappa shape index (κ2) is 9.16. The van der Waals surface area contributed by atoms with Gasteiger partial charge in [0.05, 0.1) is 0 Å². The first-order chi connectivity index (χ1) is 12.8. The van der Waals surface area contributed by atoms with Gasteiger partial charge in [-0.1, -0.05) is 27.2 Å². The number of aliphatic carboxylic acids is 1. The van der Waals surface area contributed by atoms with E-state index in [9.17, 15) is 24.3 Å². The minimum absolute atomic E-state index is 0.178. The number of carboxylic acids is 1. The Hall–Kier alpha value is -2.16. The van der Waals surface area contributed by atoms with Gasteiger partial charge >= 0.3 is 5.97 Å². The van der Waals surface area contributed by atoms with Gasteiger partial charge in [0.15, 0.2) is 12.2 Å². The molecule has 2 aliphatic heterocycles. The van der Waals surface area contributed by atoms with Crippen LogP contribution in [0.5, 0.6) is 0 Å². The molecule has 0 aromatic rings. The van der Waals surface area contributed by atoms with Crippen molar-refractivity contribution in [2.75, 3.05) is 13.1 Å². The molecular formula is C18H29N3O6. The topological polar surface area (TPSA) is 128 Å². The molecular weight excluding hydrogens is 354 g/mol. The summed E-state index contributed by atoms with van der Waals surface area (Å²) in [5, 5.41) is 14.7. The molecule has 2 rings (SSSR count). The summed E-state index contributed by atoms with van der Waals surface area (Å²) in [6, 6.07) is -1.70. The van der Waals surface area contributed by atoms with Gasteiger partial charge in [-0.2, -0.15) is 0 Å². The molecule has 2 saturated heterocycles. The van der Waals surface area contributed by atoms with E-state index in [0.717, 1.165) is 6.42 Å². The van der Waals surface area contributed by atoms with Crippen LogP contribution in [0.4, 0.5) is 0 Å². The van der Waals surface area contributed by atoms with E-state index in [4.69, 9.17) is 4.74 Å². The van der Waals surface area contributed by atoms with Crippen molar-refractivity contribution in [2.45, 2.75) is 70.7 Å². The quantitative estimate of drug-likeness (QED) is 0.477. The molecule has 0 saturated carbocycles. The summed E-state index contributed by atoms with van der Waals surface area (Å²) in [5.74, 6) is -2.46. The van der Waals surface area contributed by atoms with E-state index in [1.54, 1.807) is 0 Å². The summed E-state index contributed by atoms with van der Waals surface area (Å²) in [7, 11) is 0. The van der Waals surface area contributed by atoms with Crippen LogP contribution in [0.3, 0.4) is 0 Å². The maximum absolute atomic E-state index is 12.9. The maximum Gasteiger partial charge on any atom is 0.326 e. The Morgan fingerprint density at radius 2 is 1.85 bits per heavy atom. The third-order valence-corrected chi connectivity index (χ3v) is 5.16. The molecule has 0 aromatic heterocycles. The minimum Gasteiger partial charge on any atom is -0.480 e. The highest BCUT2D eigenvalue weighted by Crippen LogP contribution is 2.25. The molecule has 27 heavy (non-hydrogen) atoms. The molecule has 2 fully saturated rings. The van der Waals surface area contributed by atoms with Crippen LogP contribution in [0.1, 0.15) is 46.5 Å². The number of carboxylic acid groups (broad SMARTS) is 1. The number of carbonyl (C=O) groups excluding carboxylic acids is 3. The lowest BCUT2D eigenvalue weighted by molar-refractivity contribution is -0.150. The first kappa shape index (κ1) is 21.1. The Labute approximate surface area is 158 Å². The highest BCUT2D eigenvalue weighted by molar-refractivity contribution is 5.97. The lowest BCUT2D eigenvalue weighted by Crippen LogP contribution is -2.55. The van der Waals surface area contributed by atoms with E-state index in [1.165, 1.54) is 4.90 Å². The SMILES string of the molecule is CCCNC(=O)[C@H]1O[C@@H]1C(=O)NC(C(=O)N1CCC[C@H]1C(=O)O)C(C)CC. The Morgan fingerprint density at radius 1 is 1.19 bits per heavy atom. The van der Waals surface area contributed by atoms with Crippen molar-refractivity contribution in [3.63, 3.8) is 0 Å². The summed E-state index contributed by atoms with van der Waals surface area (Å²) in [5.41, 5.74) is 0. The van der Waals surface area contributed by atoms with Crippen LogP contribution in [0.15, 0.2) is 0 Å². The Kier molecular flexibility index (Phi) is 7.18. The number of amides is 3. The normalized spacial score (nSPS) is 26.2. The van der Waals surface area contributed by atoms with Crippen LogP contribution in [0, 0.1) is 5.92 Å². The zero-order valence-corrected chi connectivity index (χ0v) is 16.1. The monoisotopic (exact) mass is 383 g/mol. The van der Waals surface area contributed by atoms with E-state index >= 15 is 0 Å². The molecule has 0 radical (unpaired) electrons. The van der Waals surface area contributed by atoms with E-state index in [2.05, 4.69) is 10.6 Å². The number of hydrogen-bond donors (Lipinski definition) is 3. The highest BCUT2D eigenvalue weighted by Gasteiger charge is 2.51. The number of ether oxygens (including phenoxy) is 1. The lowest BCUT2D eigenvalue weighted by atomic mass is 9.97. The number of epoxide rings is 1. The average molecular weight is 383 g/mol. The van der Waals surface area contributed by atoms with Crippen molar-refractivity contribution in [1.29, 1.82) is 0 Å². The first-order valence-electron chi connectivity index (χ1n) is 9.58. The van der Waals surface area contributed by atoms with Crippen LogP contribution < -0.4 is 10.6 Å². The van der Waals surface area contributed by atoms with Crippen LogP contribution in [0.2, 0.25) is 0 Å². The van der Waals surface area contributed by atoms with Gasteiger partial charge in [0.25, 0.3) is 11.8 Å². The van der Waals surface area contributed by atoms with E-state index in [-0.39, 0.29) is 11.8 Å². The van der Waals surface area contributed by atoms with E-state index in [0.29, 0.717) is 32.4 Å². The Balaban J connectivity index is 2.01. The summed E-state index contributed by atoms with van der Waals surface area (Å²) < 4.78 is 5.17. The van der Waals surface area contributed by atoms with Gasteiger partial charge in [0.2, 0.25) is 5.91 Å². The van der Waals surface area contributed by atoms with Gasteiger partial charge in [0, 0.05) is 13.1 Å². The van der Waals surface area contributed by atoms with Crippen molar-refractivity contribution in [2.24, 2.45) is 5.92 Å². The van der Waals surface area contributed by atoms with Crippen LogP contribution in [-0.2, 0) is 23.9 Å². The molecule has 2 heterocycles. The molecule has 2 aliphatic rings. The van der Waals surface area contributed by atoms with Crippen molar-refractivity contribution in [3.8, 4) is 0 Å². The average Bonchev–Trinajstić information content (AvgIpc) is 3.30. The maximum atomic E-state index is 12.9. The molecule has 9 nitrogen and oxygen atoms in total. The summed E-state index contributed by atoms with van der Waals surface area (Å²) in [4.78, 5) is 49.9. The molecule has 152 valence electrons. The number of hydrogen-bond acceptors (Lipinski definition) is 5. The predicted octanol–water partition coefficient (Wildman–Crippen LogP) is -0.113. The van der Waals surface area contributed by atoms with Gasteiger partial charge in [-0.25, -0.2) is 4.79 Å². The zero-order valence-electron chi connectivity index (χ0n) is 16.1. The second-order valence-corrected chi connectivity index (χ2v) is 7.17. The minimum atomic E-state index is -1.03. The molecule has 0 aromatic carbocycles. The molecule has 5 atom stereocenters. The predicted molar refractivity (Wildman–Crippen MR) is 95.7 cm³/mol. The molecule has 0 bridgehead atoms. The molecule has 0 spiro atoms. The number of nitrogens with one attached hydrogen (secondary N) is 2. The third kappa shape index (κ3) is 4.97. The lowest BCUT2D eigenvalue weighted by Gasteiger charge is -2.30. The van der Waals surface area contributed by atoms with Crippen molar-refractivity contribution in [1.82, 2.24) is 15.5 Å². The Bertz CT molecular complexity index is 596. The fourth-order valence-electron chi connectivity index (χ4n) is 3.24. The fraction of sp³-hybridized carbons (Fsp3) is 0.778. The van der Waals surface area contributed by atoms with Crippen molar-refractivity contribution in [3.05, 3.63) is 0 Å². The third-order valence-electron chi connectivity index (χ3n) is 5.16. The van der Waals surface area contributed by atoms with Gasteiger partial charge in [-0.3, -0.25) is 14.4 Å². The number of carbonyl (C=O) groups is 4. The fourth-order valence-corrected chi connectivity index (χ4v) is 3.24. The summed E-state index contributed by atoms with van der Waals surface area (Å²) >= 11 is 0. The largest absolute Gasteiger partial charge is 0.480 e. The summed E-state index contributed by atoms with van der Waals surface area (Å²) in [6.45, 7) is 6.51. The molecule has 3 N–H and O–H groups in total. The van der Waals surface area contributed by atoms with E-state index < -0.39 is 42.1 Å². The van der Waals surface area contributed by atoms with Crippen molar-refractivity contribution >= 4 is 23.7 Å². The van der Waals surface area contributed by atoms with Gasteiger partial charge in [0.1, 0.15) is 12.1 Å². The van der Waals surface area contributed by atoms with Crippen LogP contribution in [0.25, 0.3) is 0 Å². The molecule has 3 amide bonds. The molecule has 2 unspecified atom stereocenters. The van der Waals surface area contributed by atoms with Crippen LogP contribution >= 0.6 is 0 Å². The van der Waals surface area contributed by atoms with E-state index in [1.807, 2.05) is 20.8 Å². The number of likely N-dealkylation sites (tertiary alicyclic amines) is 1. The second-order valence-electron chi connectivity index (χ2n) is 7.17. The van der Waals surface area contributed by atoms with Gasteiger partial charge < -0.3 is 25.4 Å².